The van der Waals surface area contributed by atoms with Gasteiger partial charge in [0, 0.05) is 28.1 Å². The predicted molar refractivity (Wildman–Crippen MR) is 199 cm³/mol. The van der Waals surface area contributed by atoms with Crippen LogP contribution in [0.3, 0.4) is 0 Å². The monoisotopic (exact) mass is 604 g/mol. The lowest BCUT2D eigenvalue weighted by Gasteiger charge is -2.23. The number of rotatable bonds is 4. The van der Waals surface area contributed by atoms with Gasteiger partial charge in [0.25, 0.3) is 0 Å². The summed E-state index contributed by atoms with van der Waals surface area (Å²) in [6, 6.07) is 49.0. The van der Waals surface area contributed by atoms with E-state index in [4.69, 9.17) is 9.97 Å². The first-order valence-electron chi connectivity index (χ1n) is 17.0. The first-order valence-corrected chi connectivity index (χ1v) is 17.0. The Hall–Kier alpha value is -5.34. The molecule has 1 fully saturated rings. The van der Waals surface area contributed by atoms with Gasteiger partial charge < -0.3 is 0 Å². The van der Waals surface area contributed by atoms with Crippen LogP contribution in [0.1, 0.15) is 49.4 Å². The molecule has 2 nitrogen and oxygen atoms in total. The van der Waals surface area contributed by atoms with Gasteiger partial charge in [-0.3, -0.25) is 9.97 Å². The number of fused-ring (bicyclic) bond motifs is 5. The molecule has 6 aromatic carbocycles. The van der Waals surface area contributed by atoms with E-state index in [1.54, 1.807) is 0 Å². The van der Waals surface area contributed by atoms with Crippen LogP contribution >= 0.6 is 0 Å². The van der Waals surface area contributed by atoms with E-state index in [-0.39, 0.29) is 0 Å². The molecule has 0 atom stereocenters. The van der Waals surface area contributed by atoms with E-state index < -0.39 is 0 Å². The third-order valence-electron chi connectivity index (χ3n) is 10.3. The van der Waals surface area contributed by atoms with Gasteiger partial charge in [-0.1, -0.05) is 135 Å². The molecule has 1 aliphatic rings. The summed E-state index contributed by atoms with van der Waals surface area (Å²) >= 11 is 0. The Morgan fingerprint density at radius 3 is 1.77 bits per heavy atom. The van der Waals surface area contributed by atoms with Crippen LogP contribution in [0.25, 0.3) is 76.7 Å². The highest BCUT2D eigenvalue weighted by atomic mass is 14.8. The van der Waals surface area contributed by atoms with Gasteiger partial charge in [-0.25, -0.2) is 0 Å². The summed E-state index contributed by atoms with van der Waals surface area (Å²) < 4.78 is 0. The van der Waals surface area contributed by atoms with Crippen LogP contribution in [-0.4, -0.2) is 9.97 Å². The maximum Gasteiger partial charge on any atom is 0.0974 e. The lowest BCUT2D eigenvalue weighted by Crippen LogP contribution is -2.07. The molecule has 2 aromatic heterocycles. The van der Waals surface area contributed by atoms with Crippen molar-refractivity contribution in [2.75, 3.05) is 0 Å². The van der Waals surface area contributed by atoms with Crippen LogP contribution in [0, 0.1) is 6.92 Å². The SMILES string of the molecule is Cc1ccc2ccc3c(-c4cccc(-c5c6ccccc6c(-c6ccccc6)c6ccccc56)c4)cc(C4CCCCC4)nc3c2n1. The quantitative estimate of drug-likeness (QED) is 0.147. The van der Waals surface area contributed by atoms with Crippen molar-refractivity contribution in [2.24, 2.45) is 0 Å². The normalized spacial score (nSPS) is 14.0. The van der Waals surface area contributed by atoms with E-state index in [0.717, 1.165) is 22.1 Å². The molecule has 1 saturated carbocycles. The number of hydrogen-bond acceptors (Lipinski definition) is 2. The largest absolute Gasteiger partial charge is 0.251 e. The second-order valence-corrected chi connectivity index (χ2v) is 13.2. The zero-order valence-electron chi connectivity index (χ0n) is 26.7. The second kappa shape index (κ2) is 11.5. The van der Waals surface area contributed by atoms with Crippen LogP contribution in [0.4, 0.5) is 0 Å². The minimum Gasteiger partial charge on any atom is -0.251 e. The Labute approximate surface area is 275 Å². The van der Waals surface area contributed by atoms with Crippen molar-refractivity contribution in [1.29, 1.82) is 0 Å². The van der Waals surface area contributed by atoms with Crippen molar-refractivity contribution in [3.8, 4) is 33.4 Å². The molecule has 0 unspecified atom stereocenters. The molecule has 2 heterocycles. The molecule has 8 aromatic rings. The van der Waals surface area contributed by atoms with Crippen molar-refractivity contribution in [1.82, 2.24) is 9.97 Å². The summed E-state index contributed by atoms with van der Waals surface area (Å²) in [4.78, 5) is 10.4. The molecule has 0 aliphatic heterocycles. The number of nitrogens with zero attached hydrogens (tertiary/aromatic N) is 2. The molecule has 0 radical (unpaired) electrons. The summed E-state index contributed by atoms with van der Waals surface area (Å²) in [6.07, 6.45) is 6.30. The Balaban J connectivity index is 1.31. The Morgan fingerprint density at radius 2 is 1.06 bits per heavy atom. The number of pyridine rings is 2. The van der Waals surface area contributed by atoms with Gasteiger partial charge in [-0.05, 0) is 92.9 Å². The van der Waals surface area contributed by atoms with Crippen molar-refractivity contribution >= 4 is 43.4 Å². The summed E-state index contributed by atoms with van der Waals surface area (Å²) in [5, 5.41) is 7.42. The highest BCUT2D eigenvalue weighted by Gasteiger charge is 2.21. The van der Waals surface area contributed by atoms with Crippen LogP contribution in [-0.2, 0) is 0 Å². The van der Waals surface area contributed by atoms with Crippen molar-refractivity contribution in [3.63, 3.8) is 0 Å². The highest BCUT2D eigenvalue weighted by Crippen LogP contribution is 2.45. The van der Waals surface area contributed by atoms with Gasteiger partial charge in [0.2, 0.25) is 0 Å². The smallest absolute Gasteiger partial charge is 0.0974 e. The van der Waals surface area contributed by atoms with Crippen molar-refractivity contribution in [3.05, 3.63) is 145 Å². The van der Waals surface area contributed by atoms with E-state index in [2.05, 4.69) is 140 Å². The molecule has 2 heteroatoms. The average molecular weight is 605 g/mol. The molecule has 0 saturated heterocycles. The van der Waals surface area contributed by atoms with Gasteiger partial charge in [-0.15, -0.1) is 0 Å². The summed E-state index contributed by atoms with van der Waals surface area (Å²) in [5.74, 6) is 0.494. The number of hydrogen-bond donors (Lipinski definition) is 0. The fourth-order valence-corrected chi connectivity index (χ4v) is 8.03. The predicted octanol–water partition coefficient (Wildman–Crippen LogP) is 12.4. The van der Waals surface area contributed by atoms with Gasteiger partial charge in [0.05, 0.1) is 11.0 Å². The molecule has 1 aliphatic carbocycles. The molecule has 0 amide bonds. The van der Waals surface area contributed by atoms with Gasteiger partial charge in [-0.2, -0.15) is 0 Å². The third-order valence-corrected chi connectivity index (χ3v) is 10.3. The minimum absolute atomic E-state index is 0.494. The van der Waals surface area contributed by atoms with Crippen molar-refractivity contribution < 1.29 is 0 Å². The van der Waals surface area contributed by atoms with Crippen LogP contribution in [0.5, 0.6) is 0 Å². The van der Waals surface area contributed by atoms with Crippen LogP contribution < -0.4 is 0 Å². The van der Waals surface area contributed by atoms with Gasteiger partial charge in [0.15, 0.2) is 0 Å². The topological polar surface area (TPSA) is 25.8 Å². The van der Waals surface area contributed by atoms with Crippen molar-refractivity contribution in [2.45, 2.75) is 44.9 Å². The molecule has 0 N–H and O–H groups in total. The zero-order valence-corrected chi connectivity index (χ0v) is 26.7. The van der Waals surface area contributed by atoms with E-state index in [9.17, 15) is 0 Å². The Kier molecular flexibility index (Phi) is 6.82. The number of aromatic nitrogens is 2. The molecule has 226 valence electrons. The van der Waals surface area contributed by atoms with Gasteiger partial charge in [0.1, 0.15) is 0 Å². The van der Waals surface area contributed by atoms with E-state index >= 15 is 0 Å². The van der Waals surface area contributed by atoms with E-state index in [1.165, 1.54) is 98.1 Å². The summed E-state index contributed by atoms with van der Waals surface area (Å²) in [6.45, 7) is 2.07. The fourth-order valence-electron chi connectivity index (χ4n) is 8.03. The molecule has 47 heavy (non-hydrogen) atoms. The maximum atomic E-state index is 5.39. The second-order valence-electron chi connectivity index (χ2n) is 13.2. The van der Waals surface area contributed by atoms with Gasteiger partial charge >= 0.3 is 0 Å². The zero-order chi connectivity index (χ0) is 31.3. The highest BCUT2D eigenvalue weighted by molar-refractivity contribution is 6.21. The lowest BCUT2D eigenvalue weighted by atomic mass is 9.84. The standard InChI is InChI=1S/C45H36N2/c1-29-23-24-32-25-26-39-40(28-41(30-13-4-2-5-14-30)47-45(39)44(32)46-29)33-17-12-18-34(27-33)43-37-21-10-8-19-35(37)42(31-15-6-3-7-16-31)36-20-9-11-22-38(36)43/h3,6-12,15-28,30H,2,4-5,13-14H2,1H3. The molecular weight excluding hydrogens is 569 g/mol. The van der Waals surface area contributed by atoms with Crippen LogP contribution in [0.2, 0.25) is 0 Å². The molecular formula is C45H36N2. The summed E-state index contributed by atoms with van der Waals surface area (Å²) in [5.41, 5.74) is 11.8. The third kappa shape index (κ3) is 4.79. The summed E-state index contributed by atoms with van der Waals surface area (Å²) in [7, 11) is 0. The van der Waals surface area contributed by atoms with Crippen LogP contribution in [0.15, 0.2) is 133 Å². The minimum atomic E-state index is 0.494. The van der Waals surface area contributed by atoms with E-state index in [1.807, 2.05) is 0 Å². The number of benzene rings is 6. The maximum absolute atomic E-state index is 5.39. The molecule has 0 bridgehead atoms. The first kappa shape index (κ1) is 27.9. The van der Waals surface area contributed by atoms with E-state index in [0.29, 0.717) is 5.92 Å². The molecule has 9 rings (SSSR count). The number of aryl methyl sites for hydroxylation is 1. The Morgan fingerprint density at radius 1 is 0.468 bits per heavy atom. The fraction of sp³-hybridized carbons (Fsp3) is 0.156. The Bertz CT molecular complexity index is 2400. The molecule has 0 spiro atoms. The lowest BCUT2D eigenvalue weighted by molar-refractivity contribution is 0.437. The first-order chi connectivity index (χ1) is 23.2. The average Bonchev–Trinajstić information content (AvgIpc) is 3.14.